The Kier molecular flexibility index (Phi) is 4.25. The van der Waals surface area contributed by atoms with Crippen molar-refractivity contribution >= 4 is 17.4 Å². The lowest BCUT2D eigenvalue weighted by Gasteiger charge is -2.38. The second-order valence-electron chi connectivity index (χ2n) is 6.19. The molecule has 0 radical (unpaired) electrons. The quantitative estimate of drug-likeness (QED) is 0.930. The minimum absolute atomic E-state index is 0.162. The zero-order valence-electron chi connectivity index (χ0n) is 13.1. The van der Waals surface area contributed by atoms with E-state index in [2.05, 4.69) is 15.3 Å². The fourth-order valence-corrected chi connectivity index (χ4v) is 2.95. The molecule has 0 amide bonds. The molecule has 3 heterocycles. The second kappa shape index (κ2) is 6.05. The number of rotatable bonds is 3. The minimum Gasteiger partial charge on any atom is -0.382 e. The number of hydrogen-bond donors (Lipinski definition) is 1. The van der Waals surface area contributed by atoms with Gasteiger partial charge in [-0.3, -0.25) is 0 Å². The van der Waals surface area contributed by atoms with E-state index in [9.17, 15) is 9.50 Å². The van der Waals surface area contributed by atoms with Gasteiger partial charge in [0.25, 0.3) is 0 Å². The number of pyridine rings is 1. The fraction of sp³-hybridized carbons (Fsp3) is 0.533. The summed E-state index contributed by atoms with van der Waals surface area (Å²) < 4.78 is 15.8. The largest absolute Gasteiger partial charge is 0.382 e. The standard InChI is InChI=1S/C15H19ClFN5O/c1-10(2)22-8-13(19-20-22)15(23)4-3-5-21(9-15)14-12(17)6-11(16)7-18-14/h6-8,10,23H,3-5,9H2,1-2H3/t15-/m1/s1. The molecular formula is C15H19ClFN5O. The second-order valence-corrected chi connectivity index (χ2v) is 6.63. The van der Waals surface area contributed by atoms with Crippen molar-refractivity contribution in [2.45, 2.75) is 38.3 Å². The summed E-state index contributed by atoms with van der Waals surface area (Å²) in [5, 5.41) is 19.4. The van der Waals surface area contributed by atoms with Crippen LogP contribution in [-0.2, 0) is 5.60 Å². The van der Waals surface area contributed by atoms with Crippen molar-refractivity contribution in [3.05, 3.63) is 35.0 Å². The molecule has 2 aromatic rings. The van der Waals surface area contributed by atoms with Gasteiger partial charge in [-0.15, -0.1) is 5.10 Å². The van der Waals surface area contributed by atoms with Crippen LogP contribution in [0.15, 0.2) is 18.5 Å². The molecule has 1 saturated heterocycles. The third kappa shape index (κ3) is 3.16. The van der Waals surface area contributed by atoms with E-state index in [0.717, 1.165) is 0 Å². The normalized spacial score (nSPS) is 21.9. The van der Waals surface area contributed by atoms with Crippen molar-refractivity contribution in [3.63, 3.8) is 0 Å². The first-order valence-electron chi connectivity index (χ1n) is 7.60. The molecule has 0 spiro atoms. The van der Waals surface area contributed by atoms with Gasteiger partial charge in [0, 0.05) is 18.8 Å². The van der Waals surface area contributed by atoms with Crippen LogP contribution in [-0.4, -0.2) is 38.2 Å². The lowest BCUT2D eigenvalue weighted by Crippen LogP contribution is -2.47. The first kappa shape index (κ1) is 16.1. The average molecular weight is 340 g/mol. The maximum Gasteiger partial charge on any atom is 0.167 e. The van der Waals surface area contributed by atoms with Gasteiger partial charge in [0.15, 0.2) is 11.6 Å². The molecule has 2 aromatic heterocycles. The molecule has 1 aliphatic rings. The Balaban J connectivity index is 1.86. The Hall–Kier alpha value is -1.73. The molecule has 1 atom stereocenters. The van der Waals surface area contributed by atoms with Crippen molar-refractivity contribution in [1.82, 2.24) is 20.0 Å². The van der Waals surface area contributed by atoms with Crippen LogP contribution >= 0.6 is 11.6 Å². The van der Waals surface area contributed by atoms with Gasteiger partial charge >= 0.3 is 0 Å². The Bertz CT molecular complexity index is 707. The van der Waals surface area contributed by atoms with Crippen LogP contribution in [0.3, 0.4) is 0 Å². The highest BCUT2D eigenvalue weighted by Gasteiger charge is 2.38. The van der Waals surface area contributed by atoms with Gasteiger partial charge < -0.3 is 10.0 Å². The van der Waals surface area contributed by atoms with E-state index in [-0.39, 0.29) is 23.4 Å². The first-order valence-corrected chi connectivity index (χ1v) is 7.97. The zero-order chi connectivity index (χ0) is 16.6. The Labute approximate surface area is 138 Å². The third-order valence-corrected chi connectivity index (χ3v) is 4.28. The van der Waals surface area contributed by atoms with E-state index in [1.807, 2.05) is 13.8 Å². The average Bonchev–Trinajstić information content (AvgIpc) is 2.98. The van der Waals surface area contributed by atoms with Gasteiger partial charge in [-0.2, -0.15) is 0 Å². The van der Waals surface area contributed by atoms with Crippen molar-refractivity contribution in [1.29, 1.82) is 0 Å². The molecule has 0 unspecified atom stereocenters. The summed E-state index contributed by atoms with van der Waals surface area (Å²) in [4.78, 5) is 5.79. The van der Waals surface area contributed by atoms with E-state index in [4.69, 9.17) is 11.6 Å². The first-order chi connectivity index (χ1) is 10.9. The molecule has 0 aliphatic carbocycles. The monoisotopic (exact) mass is 339 g/mol. The number of β-amino-alcohol motifs (C(OH)–C–C–N with tert-alkyl or cyclic N) is 1. The summed E-state index contributed by atoms with van der Waals surface area (Å²) >= 11 is 5.75. The number of aromatic nitrogens is 4. The predicted octanol–water partition coefficient (Wildman–Crippen LogP) is 2.53. The van der Waals surface area contributed by atoms with Crippen LogP contribution in [0, 0.1) is 5.82 Å². The zero-order valence-corrected chi connectivity index (χ0v) is 13.8. The molecule has 1 fully saturated rings. The van der Waals surface area contributed by atoms with Crippen LogP contribution in [0.25, 0.3) is 0 Å². The molecular weight excluding hydrogens is 321 g/mol. The summed E-state index contributed by atoms with van der Waals surface area (Å²) in [5.41, 5.74) is -0.663. The summed E-state index contributed by atoms with van der Waals surface area (Å²) in [6.07, 6.45) is 4.41. The van der Waals surface area contributed by atoms with E-state index < -0.39 is 11.4 Å². The Morgan fingerprint density at radius 2 is 2.22 bits per heavy atom. The highest BCUT2D eigenvalue weighted by molar-refractivity contribution is 6.30. The smallest absolute Gasteiger partial charge is 0.167 e. The molecule has 1 aliphatic heterocycles. The number of piperidine rings is 1. The third-order valence-electron chi connectivity index (χ3n) is 4.07. The van der Waals surface area contributed by atoms with E-state index in [0.29, 0.717) is 25.1 Å². The number of halogens is 2. The van der Waals surface area contributed by atoms with Crippen LogP contribution in [0.1, 0.15) is 38.4 Å². The van der Waals surface area contributed by atoms with Gasteiger partial charge in [0.1, 0.15) is 11.3 Å². The lowest BCUT2D eigenvalue weighted by molar-refractivity contribution is 0.0172. The molecule has 0 saturated carbocycles. The van der Waals surface area contributed by atoms with Gasteiger partial charge in [-0.1, -0.05) is 16.8 Å². The van der Waals surface area contributed by atoms with Gasteiger partial charge in [0.2, 0.25) is 0 Å². The molecule has 8 heteroatoms. The number of anilines is 1. The molecule has 0 bridgehead atoms. The predicted molar refractivity (Wildman–Crippen MR) is 85.0 cm³/mol. The van der Waals surface area contributed by atoms with Crippen LogP contribution in [0.5, 0.6) is 0 Å². The van der Waals surface area contributed by atoms with Gasteiger partial charge in [0.05, 0.1) is 17.8 Å². The molecule has 6 nitrogen and oxygen atoms in total. The highest BCUT2D eigenvalue weighted by Crippen LogP contribution is 2.33. The molecule has 3 rings (SSSR count). The number of aliphatic hydroxyl groups is 1. The maximum absolute atomic E-state index is 14.1. The number of nitrogens with zero attached hydrogens (tertiary/aromatic N) is 5. The van der Waals surface area contributed by atoms with Crippen LogP contribution in [0.2, 0.25) is 5.02 Å². The molecule has 124 valence electrons. The van der Waals surface area contributed by atoms with E-state index >= 15 is 0 Å². The summed E-state index contributed by atoms with van der Waals surface area (Å²) in [6.45, 7) is 4.81. The Morgan fingerprint density at radius 1 is 1.43 bits per heavy atom. The SMILES string of the molecule is CC(C)n1cc([C@@]2(O)CCCN(c3ncc(Cl)cc3F)C2)nn1. The van der Waals surface area contributed by atoms with Gasteiger partial charge in [-0.05, 0) is 32.8 Å². The molecule has 1 N–H and O–H groups in total. The molecule has 0 aromatic carbocycles. The number of hydrogen-bond acceptors (Lipinski definition) is 5. The summed E-state index contributed by atoms with van der Waals surface area (Å²) in [6, 6.07) is 1.39. The minimum atomic E-state index is -1.17. The lowest BCUT2D eigenvalue weighted by atomic mass is 9.90. The topological polar surface area (TPSA) is 67.1 Å². The Morgan fingerprint density at radius 3 is 2.87 bits per heavy atom. The summed E-state index contributed by atoms with van der Waals surface area (Å²) in [5.74, 6) is -0.295. The van der Waals surface area contributed by atoms with Crippen molar-refractivity contribution < 1.29 is 9.50 Å². The van der Waals surface area contributed by atoms with Crippen molar-refractivity contribution in [2.75, 3.05) is 18.0 Å². The van der Waals surface area contributed by atoms with Gasteiger partial charge in [-0.25, -0.2) is 14.1 Å². The van der Waals surface area contributed by atoms with Crippen molar-refractivity contribution in [2.24, 2.45) is 0 Å². The van der Waals surface area contributed by atoms with E-state index in [1.54, 1.807) is 15.8 Å². The van der Waals surface area contributed by atoms with Crippen molar-refractivity contribution in [3.8, 4) is 0 Å². The molecule has 23 heavy (non-hydrogen) atoms. The highest BCUT2D eigenvalue weighted by atomic mass is 35.5. The summed E-state index contributed by atoms with van der Waals surface area (Å²) in [7, 11) is 0. The van der Waals surface area contributed by atoms with Crippen LogP contribution in [0.4, 0.5) is 10.2 Å². The van der Waals surface area contributed by atoms with E-state index in [1.165, 1.54) is 12.3 Å². The fourth-order valence-electron chi connectivity index (χ4n) is 2.81. The maximum atomic E-state index is 14.1. The van der Waals surface area contributed by atoms with Crippen LogP contribution < -0.4 is 4.90 Å².